The van der Waals surface area contributed by atoms with Gasteiger partial charge in [0.1, 0.15) is 0 Å². The molecule has 8 atom stereocenters. The van der Waals surface area contributed by atoms with Gasteiger partial charge < -0.3 is 10.6 Å². The molecule has 3 heteroatoms. The molecular weight excluding hydrogens is 380 g/mol. The first kappa shape index (κ1) is 18.3. The largest absolute Gasteiger partial charge is 0.378 e. The molecule has 4 fully saturated rings. The molecule has 31 heavy (non-hydrogen) atoms. The average molecular weight is 413 g/mol. The molecule has 0 spiro atoms. The molecule has 0 saturated heterocycles. The molecule has 4 saturated carbocycles. The van der Waals surface area contributed by atoms with Gasteiger partial charge in [-0.3, -0.25) is 4.79 Å². The first-order valence-corrected chi connectivity index (χ1v) is 12.5. The highest BCUT2D eigenvalue weighted by molar-refractivity contribution is 5.95. The van der Waals surface area contributed by atoms with E-state index in [-0.39, 0.29) is 5.91 Å². The SMILES string of the molecule is O=C(N[C@@H]1C[C@H]2CC[C@H]1C2)c1ccc2c(c1)[C@@H]1[C@H]3CC[C@@H](C3)[C@H]1[C@H](c1ccccc1)N2. The summed E-state index contributed by atoms with van der Waals surface area (Å²) < 4.78 is 0. The summed E-state index contributed by atoms with van der Waals surface area (Å²) in [6, 6.07) is 18.3. The van der Waals surface area contributed by atoms with Gasteiger partial charge in [0.2, 0.25) is 0 Å². The Kier molecular flexibility index (Phi) is 4.04. The third-order valence-corrected chi connectivity index (χ3v) is 9.56. The van der Waals surface area contributed by atoms with E-state index in [1.54, 1.807) is 0 Å². The Morgan fingerprint density at radius 1 is 0.871 bits per heavy atom. The number of hydrogen-bond donors (Lipinski definition) is 2. The van der Waals surface area contributed by atoms with E-state index >= 15 is 0 Å². The summed E-state index contributed by atoms with van der Waals surface area (Å²) in [5, 5.41) is 7.30. The van der Waals surface area contributed by atoms with Crippen molar-refractivity contribution in [2.24, 2.45) is 29.6 Å². The van der Waals surface area contributed by atoms with Crippen LogP contribution in [0.3, 0.4) is 0 Å². The van der Waals surface area contributed by atoms with E-state index in [1.807, 2.05) is 6.07 Å². The molecule has 2 N–H and O–H groups in total. The number of anilines is 1. The quantitative estimate of drug-likeness (QED) is 0.659. The lowest BCUT2D eigenvalue weighted by atomic mass is 9.68. The van der Waals surface area contributed by atoms with E-state index in [4.69, 9.17) is 0 Å². The lowest BCUT2D eigenvalue weighted by Gasteiger charge is -2.43. The van der Waals surface area contributed by atoms with Crippen LogP contribution in [0.5, 0.6) is 0 Å². The lowest BCUT2D eigenvalue weighted by molar-refractivity contribution is 0.0922. The molecule has 0 radical (unpaired) electrons. The maximum absolute atomic E-state index is 13.2. The van der Waals surface area contributed by atoms with Crippen molar-refractivity contribution in [3.63, 3.8) is 0 Å². The van der Waals surface area contributed by atoms with Crippen molar-refractivity contribution in [3.8, 4) is 0 Å². The summed E-state index contributed by atoms with van der Waals surface area (Å²) in [5.74, 6) is 4.55. The van der Waals surface area contributed by atoms with Crippen molar-refractivity contribution < 1.29 is 4.79 Å². The van der Waals surface area contributed by atoms with E-state index in [9.17, 15) is 4.79 Å². The van der Waals surface area contributed by atoms with Gasteiger partial charge in [0, 0.05) is 17.3 Å². The average Bonchev–Trinajstić information content (AvgIpc) is 3.60. The van der Waals surface area contributed by atoms with E-state index in [0.29, 0.717) is 23.9 Å². The van der Waals surface area contributed by atoms with Gasteiger partial charge in [0.15, 0.2) is 0 Å². The van der Waals surface area contributed by atoms with Crippen molar-refractivity contribution >= 4 is 11.6 Å². The number of fused-ring (bicyclic) bond motifs is 9. The van der Waals surface area contributed by atoms with Gasteiger partial charge in [-0.25, -0.2) is 0 Å². The first-order valence-electron chi connectivity index (χ1n) is 12.5. The Labute approximate surface area is 185 Å². The van der Waals surface area contributed by atoms with Crippen LogP contribution in [-0.2, 0) is 0 Å². The summed E-state index contributed by atoms with van der Waals surface area (Å²) >= 11 is 0. The molecule has 1 heterocycles. The first-order chi connectivity index (χ1) is 15.2. The Bertz CT molecular complexity index is 1020. The van der Waals surface area contributed by atoms with E-state index in [1.165, 1.54) is 61.8 Å². The van der Waals surface area contributed by atoms with Gasteiger partial charge in [-0.05, 0) is 103 Å². The van der Waals surface area contributed by atoms with Gasteiger partial charge in [-0.15, -0.1) is 0 Å². The van der Waals surface area contributed by atoms with Crippen molar-refractivity contribution in [1.29, 1.82) is 0 Å². The minimum absolute atomic E-state index is 0.144. The van der Waals surface area contributed by atoms with Gasteiger partial charge in [0.05, 0.1) is 6.04 Å². The number of amides is 1. The number of carbonyl (C=O) groups is 1. The maximum atomic E-state index is 13.2. The Morgan fingerprint density at radius 2 is 1.71 bits per heavy atom. The van der Waals surface area contributed by atoms with Crippen LogP contribution in [0.25, 0.3) is 0 Å². The highest BCUT2D eigenvalue weighted by Crippen LogP contribution is 2.63. The molecule has 4 aliphatic carbocycles. The number of carbonyl (C=O) groups excluding carboxylic acids is 1. The zero-order valence-electron chi connectivity index (χ0n) is 18.1. The van der Waals surface area contributed by atoms with Crippen LogP contribution in [-0.4, -0.2) is 11.9 Å². The van der Waals surface area contributed by atoms with Crippen LogP contribution in [0.15, 0.2) is 48.5 Å². The fraction of sp³-hybridized carbons (Fsp3) is 0.536. The molecule has 2 aromatic carbocycles. The van der Waals surface area contributed by atoms with Crippen molar-refractivity contribution in [3.05, 3.63) is 65.2 Å². The van der Waals surface area contributed by atoms with E-state index < -0.39 is 0 Å². The zero-order valence-corrected chi connectivity index (χ0v) is 18.1. The summed E-state index contributed by atoms with van der Waals surface area (Å²) in [5.41, 5.74) is 4.93. The van der Waals surface area contributed by atoms with Crippen LogP contribution >= 0.6 is 0 Å². The topological polar surface area (TPSA) is 41.1 Å². The van der Waals surface area contributed by atoms with Crippen LogP contribution in [0.2, 0.25) is 0 Å². The van der Waals surface area contributed by atoms with Crippen LogP contribution in [0.4, 0.5) is 5.69 Å². The monoisotopic (exact) mass is 412 g/mol. The minimum atomic E-state index is 0.144. The smallest absolute Gasteiger partial charge is 0.251 e. The number of rotatable bonds is 3. The van der Waals surface area contributed by atoms with E-state index in [2.05, 4.69) is 53.1 Å². The molecule has 0 unspecified atom stereocenters. The summed E-state index contributed by atoms with van der Waals surface area (Å²) in [6.07, 6.45) is 9.28. The van der Waals surface area contributed by atoms with Crippen molar-refractivity contribution in [2.45, 2.75) is 62.9 Å². The molecule has 1 aliphatic heterocycles. The second-order valence-electron chi connectivity index (χ2n) is 11.0. The number of benzene rings is 2. The molecule has 5 aliphatic rings. The van der Waals surface area contributed by atoms with Gasteiger partial charge in [-0.2, -0.15) is 0 Å². The maximum Gasteiger partial charge on any atom is 0.251 e. The minimum Gasteiger partial charge on any atom is -0.378 e. The molecule has 0 aromatic heterocycles. The molecule has 3 nitrogen and oxygen atoms in total. The molecule has 7 rings (SSSR count). The normalized spacial score (nSPS) is 39.1. The van der Waals surface area contributed by atoms with Gasteiger partial charge in [0.25, 0.3) is 5.91 Å². The van der Waals surface area contributed by atoms with Crippen molar-refractivity contribution in [2.75, 3.05) is 5.32 Å². The number of nitrogens with one attached hydrogen (secondary N) is 2. The van der Waals surface area contributed by atoms with Gasteiger partial charge >= 0.3 is 0 Å². The third-order valence-electron chi connectivity index (χ3n) is 9.56. The van der Waals surface area contributed by atoms with Gasteiger partial charge in [-0.1, -0.05) is 36.8 Å². The van der Waals surface area contributed by atoms with E-state index in [0.717, 1.165) is 29.2 Å². The second-order valence-corrected chi connectivity index (χ2v) is 11.0. The van der Waals surface area contributed by atoms with Crippen LogP contribution in [0, 0.1) is 29.6 Å². The fourth-order valence-corrected chi connectivity index (χ4v) is 8.29. The van der Waals surface area contributed by atoms with Crippen molar-refractivity contribution in [1.82, 2.24) is 5.32 Å². The zero-order chi connectivity index (χ0) is 20.5. The molecule has 2 aromatic rings. The molecule has 160 valence electrons. The lowest BCUT2D eigenvalue weighted by Crippen LogP contribution is -2.39. The Morgan fingerprint density at radius 3 is 2.52 bits per heavy atom. The Hall–Kier alpha value is -2.29. The summed E-state index contributed by atoms with van der Waals surface area (Å²) in [6.45, 7) is 0. The van der Waals surface area contributed by atoms with Crippen LogP contribution < -0.4 is 10.6 Å². The predicted octanol–water partition coefficient (Wildman–Crippen LogP) is 5.90. The predicted molar refractivity (Wildman–Crippen MR) is 123 cm³/mol. The Balaban J connectivity index is 1.21. The molecule has 1 amide bonds. The summed E-state index contributed by atoms with van der Waals surface area (Å²) in [4.78, 5) is 13.2. The molecule has 4 bridgehead atoms. The highest BCUT2D eigenvalue weighted by Gasteiger charge is 2.53. The van der Waals surface area contributed by atoms with Crippen LogP contribution in [0.1, 0.15) is 78.4 Å². The standard InChI is InChI=1S/C28H32N2O/c31-28(30-24-13-16-6-7-18(24)12-16)21-10-11-23-22(15-21)25-19-8-9-20(14-19)26(25)27(29-23)17-4-2-1-3-5-17/h1-5,10-11,15-16,18-20,24-27,29H,6-9,12-14H2,(H,30,31)/t16-,18-,19-,20-,24+,25-,26+,27-/m0/s1. The third kappa shape index (κ3) is 2.81. The number of hydrogen-bond acceptors (Lipinski definition) is 2. The summed E-state index contributed by atoms with van der Waals surface area (Å²) in [7, 11) is 0. The highest BCUT2D eigenvalue weighted by atomic mass is 16.1. The fourth-order valence-electron chi connectivity index (χ4n) is 8.29. The molecular formula is C28H32N2O. The second kappa shape index (κ2) is 6.85.